The normalized spacial score (nSPS) is 15.7. The molecule has 0 aliphatic carbocycles. The van der Waals surface area contributed by atoms with Crippen molar-refractivity contribution in [1.29, 1.82) is 0 Å². The largest absolute Gasteiger partial charge is 1.00 e. The van der Waals surface area contributed by atoms with Crippen LogP contribution in [0.15, 0.2) is 53.6 Å². The van der Waals surface area contributed by atoms with Crippen molar-refractivity contribution in [2.75, 3.05) is 40.8 Å². The number of nitrogens with one attached hydrogen (secondary N) is 2. The number of hydrogen-bond acceptors (Lipinski definition) is 7. The lowest BCUT2D eigenvalue weighted by Crippen LogP contribution is -3.00. The molecule has 1 aliphatic rings. The molecular formula is C25H30ClN5O7. The number of ether oxygens (including phenoxy) is 1. The minimum Gasteiger partial charge on any atom is -1.00 e. The highest BCUT2D eigenvalue weighted by Gasteiger charge is 2.44. The summed E-state index contributed by atoms with van der Waals surface area (Å²) in [4.78, 5) is 49.4. The summed E-state index contributed by atoms with van der Waals surface area (Å²) in [6.45, 7) is -0.0182. The first-order valence-corrected chi connectivity index (χ1v) is 11.4. The number of carbonyl (C=O) groups excluding carboxylic acids is 3. The Morgan fingerprint density at radius 1 is 1.11 bits per heavy atom. The highest BCUT2D eigenvalue weighted by Crippen LogP contribution is 2.28. The van der Waals surface area contributed by atoms with Crippen LogP contribution in [0.25, 0.3) is 0 Å². The number of nitrogens with zero attached hydrogens (tertiary/aromatic N) is 3. The summed E-state index contributed by atoms with van der Waals surface area (Å²) >= 11 is 0. The zero-order valence-electron chi connectivity index (χ0n) is 21.1. The molecule has 2 unspecified atom stereocenters. The number of carbonyl (C=O) groups is 4. The second-order valence-electron chi connectivity index (χ2n) is 9.54. The predicted octanol–water partition coefficient (Wildman–Crippen LogP) is -2.92. The summed E-state index contributed by atoms with van der Waals surface area (Å²) in [6, 6.07) is 10.2. The van der Waals surface area contributed by atoms with Crippen LogP contribution in [0.4, 0.5) is 0 Å². The lowest BCUT2D eigenvalue weighted by Gasteiger charge is -2.42. The molecule has 0 aromatic heterocycles. The van der Waals surface area contributed by atoms with E-state index < -0.39 is 29.9 Å². The summed E-state index contributed by atoms with van der Waals surface area (Å²) in [7, 11) is 5.69. The number of carboxylic acids is 1. The lowest BCUT2D eigenvalue weighted by molar-refractivity contribution is -0.862. The molecule has 0 spiro atoms. The van der Waals surface area contributed by atoms with Crippen LogP contribution in [0.5, 0.6) is 11.5 Å². The molecule has 1 fully saturated rings. The molecular weight excluding hydrogens is 518 g/mol. The Morgan fingerprint density at radius 2 is 1.74 bits per heavy atom. The summed E-state index contributed by atoms with van der Waals surface area (Å²) in [5.74, 6) is -2.07. The molecule has 12 nitrogen and oxygen atoms in total. The molecule has 0 saturated carbocycles. The van der Waals surface area contributed by atoms with E-state index in [0.29, 0.717) is 21.4 Å². The third-order valence-corrected chi connectivity index (χ3v) is 5.32. The van der Waals surface area contributed by atoms with Crippen LogP contribution >= 0.6 is 0 Å². The SMILES string of the molecule is C[N+](C)(C)CC(=O)N/N=C\c1ccc(OCC(=O)NC2CN(C(C(=O)O)c3ccc(O)cc3)C2=O)cc1.[Cl-]. The molecule has 2 atom stereocenters. The van der Waals surface area contributed by atoms with Gasteiger partial charge in [-0.15, -0.1) is 0 Å². The third kappa shape index (κ3) is 8.46. The number of β-lactam (4-membered cyclic amide) rings is 1. The fourth-order valence-corrected chi connectivity index (χ4v) is 3.58. The Kier molecular flexibility index (Phi) is 10.2. The van der Waals surface area contributed by atoms with Gasteiger partial charge in [0.15, 0.2) is 19.2 Å². The fraction of sp³-hybridized carbons (Fsp3) is 0.320. The molecule has 3 amide bonds. The second-order valence-corrected chi connectivity index (χ2v) is 9.54. The zero-order chi connectivity index (χ0) is 27.2. The summed E-state index contributed by atoms with van der Waals surface area (Å²) in [6.07, 6.45) is 1.49. The second kappa shape index (κ2) is 12.9. The number of hydrazone groups is 1. The van der Waals surface area contributed by atoms with Gasteiger partial charge in [-0.05, 0) is 47.5 Å². The average Bonchev–Trinajstić information content (AvgIpc) is 2.82. The van der Waals surface area contributed by atoms with Gasteiger partial charge >= 0.3 is 5.97 Å². The Labute approximate surface area is 225 Å². The van der Waals surface area contributed by atoms with Crippen molar-refractivity contribution in [2.45, 2.75) is 12.1 Å². The number of carboxylic acid groups (broad SMARTS) is 1. The molecule has 4 N–H and O–H groups in total. The van der Waals surface area contributed by atoms with Gasteiger partial charge < -0.3 is 42.1 Å². The monoisotopic (exact) mass is 547 g/mol. The molecule has 0 bridgehead atoms. The number of aromatic hydroxyl groups is 1. The van der Waals surface area contributed by atoms with Crippen LogP contribution in [0.3, 0.4) is 0 Å². The van der Waals surface area contributed by atoms with E-state index in [1.807, 2.05) is 21.1 Å². The van der Waals surface area contributed by atoms with Gasteiger partial charge in [0.2, 0.25) is 5.91 Å². The van der Waals surface area contributed by atoms with Gasteiger partial charge in [-0.2, -0.15) is 5.10 Å². The van der Waals surface area contributed by atoms with Crippen molar-refractivity contribution in [1.82, 2.24) is 15.6 Å². The lowest BCUT2D eigenvalue weighted by atomic mass is 9.98. The smallest absolute Gasteiger partial charge is 0.331 e. The zero-order valence-corrected chi connectivity index (χ0v) is 21.9. The van der Waals surface area contributed by atoms with Crippen LogP contribution in [0, 0.1) is 0 Å². The predicted molar refractivity (Wildman–Crippen MR) is 133 cm³/mol. The van der Waals surface area contributed by atoms with Crippen LogP contribution in [-0.4, -0.2) is 96.4 Å². The number of likely N-dealkylation sites (N-methyl/N-ethyl adjacent to an activating group) is 1. The third-order valence-electron chi connectivity index (χ3n) is 5.32. The van der Waals surface area contributed by atoms with Crippen LogP contribution < -0.4 is 27.9 Å². The van der Waals surface area contributed by atoms with Gasteiger partial charge in [0, 0.05) is 0 Å². The van der Waals surface area contributed by atoms with Crippen molar-refractivity contribution in [3.63, 3.8) is 0 Å². The van der Waals surface area contributed by atoms with E-state index in [-0.39, 0.29) is 43.8 Å². The number of phenols is 1. The van der Waals surface area contributed by atoms with E-state index in [1.54, 1.807) is 24.3 Å². The molecule has 2 aromatic rings. The van der Waals surface area contributed by atoms with Crippen LogP contribution in [0.2, 0.25) is 0 Å². The van der Waals surface area contributed by atoms with Crippen molar-refractivity contribution in [3.05, 3.63) is 59.7 Å². The van der Waals surface area contributed by atoms with Gasteiger partial charge in [0.05, 0.1) is 33.9 Å². The van der Waals surface area contributed by atoms with E-state index >= 15 is 0 Å². The minimum atomic E-state index is -1.22. The van der Waals surface area contributed by atoms with E-state index in [9.17, 15) is 29.4 Å². The highest BCUT2D eigenvalue weighted by molar-refractivity contribution is 5.95. The van der Waals surface area contributed by atoms with Gasteiger partial charge in [-0.1, -0.05) is 12.1 Å². The van der Waals surface area contributed by atoms with E-state index in [1.165, 1.54) is 30.5 Å². The van der Waals surface area contributed by atoms with Gasteiger partial charge in [0.1, 0.15) is 17.5 Å². The Hall–Kier alpha value is -4.16. The number of benzene rings is 2. The van der Waals surface area contributed by atoms with Crippen molar-refractivity contribution < 1.29 is 51.0 Å². The average molecular weight is 548 g/mol. The maximum absolute atomic E-state index is 12.5. The Bertz CT molecular complexity index is 1180. The topological polar surface area (TPSA) is 158 Å². The molecule has 1 aliphatic heterocycles. The number of halogens is 1. The quantitative estimate of drug-likeness (QED) is 0.102. The molecule has 38 heavy (non-hydrogen) atoms. The summed E-state index contributed by atoms with van der Waals surface area (Å²) in [5.41, 5.74) is 3.51. The maximum atomic E-state index is 12.5. The number of rotatable bonds is 11. The molecule has 0 radical (unpaired) electrons. The number of hydrogen-bond donors (Lipinski definition) is 4. The Morgan fingerprint density at radius 3 is 2.29 bits per heavy atom. The van der Waals surface area contributed by atoms with Crippen LogP contribution in [0.1, 0.15) is 17.2 Å². The Balaban J connectivity index is 0.00000507. The van der Waals surface area contributed by atoms with Gasteiger partial charge in [-0.25, -0.2) is 10.2 Å². The molecule has 1 saturated heterocycles. The van der Waals surface area contributed by atoms with Gasteiger partial charge in [-0.3, -0.25) is 14.4 Å². The first kappa shape index (κ1) is 30.1. The molecule has 3 rings (SSSR count). The summed E-state index contributed by atoms with van der Waals surface area (Å²) < 4.78 is 5.93. The van der Waals surface area contributed by atoms with Gasteiger partial charge in [0.25, 0.3) is 11.8 Å². The summed E-state index contributed by atoms with van der Waals surface area (Å²) in [5, 5.41) is 25.4. The van der Waals surface area contributed by atoms with Crippen molar-refractivity contribution >= 4 is 29.9 Å². The van der Waals surface area contributed by atoms with Crippen molar-refractivity contribution in [2.24, 2.45) is 5.10 Å². The number of aliphatic carboxylic acids is 1. The standard InChI is InChI=1S/C25H29N5O7.ClH/c1-30(2,3)14-21(32)28-26-12-16-4-10-19(11-5-16)37-15-22(33)27-20-13-29(24(20)34)23(25(35)36)17-6-8-18(31)9-7-17;/h4-12,20,23H,13-15H2,1-3H3,(H3-,27,28,31,32,33,35,36);1H/b26-12-;. The van der Waals surface area contributed by atoms with E-state index in [0.717, 1.165) is 4.90 Å². The first-order chi connectivity index (χ1) is 17.4. The number of phenolic OH excluding ortho intramolecular Hbond substituents is 1. The molecule has 1 heterocycles. The maximum Gasteiger partial charge on any atom is 0.331 e. The first-order valence-electron chi connectivity index (χ1n) is 11.4. The number of likely N-dealkylation sites (tertiary alicyclic amines) is 1. The molecule has 2 aromatic carbocycles. The van der Waals surface area contributed by atoms with Crippen molar-refractivity contribution in [3.8, 4) is 11.5 Å². The molecule has 204 valence electrons. The highest BCUT2D eigenvalue weighted by atomic mass is 35.5. The van der Waals surface area contributed by atoms with E-state index in [4.69, 9.17) is 4.74 Å². The minimum absolute atomic E-state index is 0. The molecule has 13 heteroatoms. The number of amides is 3. The number of quaternary nitrogens is 1. The van der Waals surface area contributed by atoms with E-state index in [2.05, 4.69) is 15.8 Å². The fourth-order valence-electron chi connectivity index (χ4n) is 3.58. The van der Waals surface area contributed by atoms with Crippen LogP contribution in [-0.2, 0) is 19.2 Å².